The Labute approximate surface area is 173 Å². The molecule has 7 nitrogen and oxygen atoms in total. The predicted octanol–water partition coefficient (Wildman–Crippen LogP) is 2.75. The summed E-state index contributed by atoms with van der Waals surface area (Å²) in [5, 5.41) is 7.72. The van der Waals surface area contributed by atoms with Gasteiger partial charge in [-0.2, -0.15) is 5.10 Å². The third kappa shape index (κ3) is 3.91. The number of nitrogens with two attached hydrogens (primary N) is 1. The van der Waals surface area contributed by atoms with E-state index in [1.165, 1.54) is 0 Å². The van der Waals surface area contributed by atoms with Crippen LogP contribution in [-0.2, 0) is 11.3 Å². The molecular weight excluding hydrogens is 378 g/mol. The number of nitrogens with one attached hydrogen (secondary N) is 1. The van der Waals surface area contributed by atoms with Gasteiger partial charge < -0.3 is 11.1 Å². The van der Waals surface area contributed by atoms with Crippen LogP contribution in [0.5, 0.6) is 0 Å². The van der Waals surface area contributed by atoms with Crippen LogP contribution in [0.4, 0.5) is 0 Å². The molecule has 0 saturated heterocycles. The molecule has 0 radical (unpaired) electrons. The second kappa shape index (κ2) is 8.16. The number of aromatic nitrogens is 3. The molecule has 30 heavy (non-hydrogen) atoms. The number of pyridine rings is 1. The zero-order valence-corrected chi connectivity index (χ0v) is 16.4. The van der Waals surface area contributed by atoms with Gasteiger partial charge in [0.1, 0.15) is 6.04 Å². The molecule has 4 rings (SSSR count). The molecule has 1 unspecified atom stereocenters. The lowest BCUT2D eigenvalue weighted by molar-refractivity contribution is -0.119. The molecule has 0 bridgehead atoms. The van der Waals surface area contributed by atoms with Crippen molar-refractivity contribution in [1.82, 2.24) is 20.1 Å². The van der Waals surface area contributed by atoms with Crippen LogP contribution < -0.4 is 11.1 Å². The molecule has 2 aromatic heterocycles. The normalized spacial score (nSPS) is 11.9. The summed E-state index contributed by atoms with van der Waals surface area (Å²) in [6, 6.07) is 20.4. The zero-order valence-electron chi connectivity index (χ0n) is 16.4. The molecule has 3 N–H and O–H groups in total. The fourth-order valence-corrected chi connectivity index (χ4v) is 3.21. The number of carbonyl (C=O) groups excluding carboxylic acids is 2. The van der Waals surface area contributed by atoms with E-state index in [0.29, 0.717) is 28.8 Å². The lowest BCUT2D eigenvalue weighted by Crippen LogP contribution is -2.42. The highest BCUT2D eigenvalue weighted by Gasteiger charge is 2.20. The third-order valence-corrected chi connectivity index (χ3v) is 4.87. The molecule has 2 amide bonds. The number of carbonyl (C=O) groups is 2. The van der Waals surface area contributed by atoms with E-state index in [1.54, 1.807) is 23.9 Å². The van der Waals surface area contributed by atoms with Gasteiger partial charge in [0.05, 0.1) is 29.4 Å². The van der Waals surface area contributed by atoms with E-state index in [2.05, 4.69) is 10.4 Å². The molecule has 0 aliphatic heterocycles. The molecule has 7 heteroatoms. The summed E-state index contributed by atoms with van der Waals surface area (Å²) in [6.07, 6.45) is 1.63. The molecule has 2 heterocycles. The van der Waals surface area contributed by atoms with Crippen LogP contribution in [0.3, 0.4) is 0 Å². The van der Waals surface area contributed by atoms with Crippen molar-refractivity contribution in [3.8, 4) is 11.3 Å². The maximum absolute atomic E-state index is 12.9. The maximum atomic E-state index is 12.9. The Bertz CT molecular complexity index is 1200. The van der Waals surface area contributed by atoms with Gasteiger partial charge in [-0.05, 0) is 18.6 Å². The molecule has 0 aliphatic rings. The van der Waals surface area contributed by atoms with E-state index < -0.39 is 17.9 Å². The fraction of sp³-hybridized carbons (Fsp3) is 0.130. The predicted molar refractivity (Wildman–Crippen MR) is 115 cm³/mol. The van der Waals surface area contributed by atoms with Gasteiger partial charge in [0.2, 0.25) is 5.91 Å². The van der Waals surface area contributed by atoms with Crippen molar-refractivity contribution in [2.45, 2.75) is 19.5 Å². The standard InChI is InChI=1S/C23H21N5O2/c1-15(21(24)29)26-23(30)18-12-20(17-10-6-3-7-11-17)27-22-19(18)13-25-28(22)14-16-8-4-2-5-9-16/h2-13,15H,14H2,1H3,(H2,24,29)(H,26,30). The molecule has 150 valence electrons. The quantitative estimate of drug-likeness (QED) is 0.520. The first-order valence-corrected chi connectivity index (χ1v) is 9.59. The Balaban J connectivity index is 1.83. The molecule has 4 aromatic rings. The van der Waals surface area contributed by atoms with E-state index in [0.717, 1.165) is 11.1 Å². The minimum atomic E-state index is -0.791. The number of fused-ring (bicyclic) bond motifs is 1. The Morgan fingerprint density at radius 1 is 1.07 bits per heavy atom. The minimum Gasteiger partial charge on any atom is -0.368 e. The third-order valence-electron chi connectivity index (χ3n) is 4.87. The number of nitrogens with zero attached hydrogens (tertiary/aromatic N) is 3. The van der Waals surface area contributed by atoms with Crippen molar-refractivity contribution >= 4 is 22.8 Å². The number of benzene rings is 2. The molecule has 2 aromatic carbocycles. The number of rotatable bonds is 6. The van der Waals surface area contributed by atoms with Crippen molar-refractivity contribution in [2.24, 2.45) is 5.73 Å². The summed E-state index contributed by atoms with van der Waals surface area (Å²) >= 11 is 0. The van der Waals surface area contributed by atoms with Gasteiger partial charge >= 0.3 is 0 Å². The van der Waals surface area contributed by atoms with Gasteiger partial charge in [0.15, 0.2) is 5.65 Å². The molecule has 1 atom stereocenters. The van der Waals surface area contributed by atoms with E-state index in [-0.39, 0.29) is 0 Å². The number of hydrogen-bond acceptors (Lipinski definition) is 4. The lowest BCUT2D eigenvalue weighted by Gasteiger charge is -2.12. The average molecular weight is 399 g/mol. The van der Waals surface area contributed by atoms with Crippen molar-refractivity contribution in [2.75, 3.05) is 0 Å². The molecule has 0 saturated carbocycles. The molecule has 0 spiro atoms. The Morgan fingerprint density at radius 3 is 2.40 bits per heavy atom. The summed E-state index contributed by atoms with van der Waals surface area (Å²) in [4.78, 5) is 29.1. The first kappa shape index (κ1) is 19.3. The van der Waals surface area contributed by atoms with E-state index in [1.807, 2.05) is 60.7 Å². The summed E-state index contributed by atoms with van der Waals surface area (Å²) in [6.45, 7) is 2.07. The Hall–Kier alpha value is -4.00. The van der Waals surface area contributed by atoms with Crippen LogP contribution in [0.1, 0.15) is 22.8 Å². The number of amides is 2. The summed E-state index contributed by atoms with van der Waals surface area (Å²) in [7, 11) is 0. The van der Waals surface area contributed by atoms with Crippen LogP contribution in [0, 0.1) is 0 Å². The van der Waals surface area contributed by atoms with Crippen LogP contribution in [0.2, 0.25) is 0 Å². The number of primary amides is 1. The summed E-state index contributed by atoms with van der Waals surface area (Å²) < 4.78 is 1.77. The second-order valence-corrected chi connectivity index (χ2v) is 7.04. The second-order valence-electron chi connectivity index (χ2n) is 7.04. The fourth-order valence-electron chi connectivity index (χ4n) is 3.21. The highest BCUT2D eigenvalue weighted by Crippen LogP contribution is 2.25. The van der Waals surface area contributed by atoms with E-state index in [9.17, 15) is 9.59 Å². The smallest absolute Gasteiger partial charge is 0.252 e. The molecule has 0 fully saturated rings. The van der Waals surface area contributed by atoms with Crippen LogP contribution in [0.15, 0.2) is 72.9 Å². The summed E-state index contributed by atoms with van der Waals surface area (Å²) in [5.41, 5.74) is 8.89. The van der Waals surface area contributed by atoms with Crippen molar-refractivity contribution in [1.29, 1.82) is 0 Å². The van der Waals surface area contributed by atoms with Crippen LogP contribution in [-0.4, -0.2) is 32.6 Å². The van der Waals surface area contributed by atoms with Crippen molar-refractivity contribution in [3.05, 3.63) is 84.1 Å². The van der Waals surface area contributed by atoms with Crippen LogP contribution in [0.25, 0.3) is 22.3 Å². The topological polar surface area (TPSA) is 103 Å². The molecule has 0 aliphatic carbocycles. The van der Waals surface area contributed by atoms with Gasteiger partial charge in [0, 0.05) is 5.56 Å². The SMILES string of the molecule is CC(NC(=O)c1cc(-c2ccccc2)nc2c1cnn2Cc1ccccc1)C(N)=O. The van der Waals surface area contributed by atoms with Crippen LogP contribution >= 0.6 is 0 Å². The maximum Gasteiger partial charge on any atom is 0.252 e. The van der Waals surface area contributed by atoms with Gasteiger partial charge in [0.25, 0.3) is 5.91 Å². The number of hydrogen-bond donors (Lipinski definition) is 2. The lowest BCUT2D eigenvalue weighted by atomic mass is 10.1. The van der Waals surface area contributed by atoms with Gasteiger partial charge in [-0.3, -0.25) is 9.59 Å². The van der Waals surface area contributed by atoms with E-state index >= 15 is 0 Å². The average Bonchev–Trinajstić information content (AvgIpc) is 3.17. The van der Waals surface area contributed by atoms with Crippen molar-refractivity contribution in [3.63, 3.8) is 0 Å². The van der Waals surface area contributed by atoms with Gasteiger partial charge in [-0.15, -0.1) is 0 Å². The van der Waals surface area contributed by atoms with E-state index in [4.69, 9.17) is 10.7 Å². The Morgan fingerprint density at radius 2 is 1.73 bits per heavy atom. The monoisotopic (exact) mass is 399 g/mol. The molecular formula is C23H21N5O2. The Kier molecular flexibility index (Phi) is 5.26. The first-order chi connectivity index (χ1) is 14.5. The first-order valence-electron chi connectivity index (χ1n) is 9.59. The highest BCUT2D eigenvalue weighted by molar-refractivity contribution is 6.07. The zero-order chi connectivity index (χ0) is 21.1. The highest BCUT2D eigenvalue weighted by atomic mass is 16.2. The van der Waals surface area contributed by atoms with Crippen molar-refractivity contribution < 1.29 is 9.59 Å². The summed E-state index contributed by atoms with van der Waals surface area (Å²) in [5.74, 6) is -0.998. The van der Waals surface area contributed by atoms with Gasteiger partial charge in [-0.1, -0.05) is 60.7 Å². The van der Waals surface area contributed by atoms with Gasteiger partial charge in [-0.25, -0.2) is 9.67 Å². The minimum absolute atomic E-state index is 0.395. The largest absolute Gasteiger partial charge is 0.368 e.